The molecule has 1 saturated carbocycles. The lowest BCUT2D eigenvalue weighted by Gasteiger charge is -2.30. The van der Waals surface area contributed by atoms with Gasteiger partial charge in [0.15, 0.2) is 0 Å². The van der Waals surface area contributed by atoms with Crippen LogP contribution in [-0.2, 0) is 4.74 Å². The number of ether oxygens (including phenoxy) is 2. The standard InChI is InChI=1S/C19H25N3O2S/c1-25-15-6-4-14(5-7-15)24-19-16-3-2-8-20-17(16)13-18(21-19)22-9-11-23-12-10-22/h2-3,8,13-15H,4-7,9-12H2,1H3. The van der Waals surface area contributed by atoms with Gasteiger partial charge in [-0.1, -0.05) is 0 Å². The maximum absolute atomic E-state index is 6.37. The molecule has 1 aliphatic heterocycles. The van der Waals surface area contributed by atoms with Crippen LogP contribution >= 0.6 is 11.8 Å². The van der Waals surface area contributed by atoms with E-state index >= 15 is 0 Å². The topological polar surface area (TPSA) is 47.5 Å². The maximum Gasteiger partial charge on any atom is 0.225 e. The van der Waals surface area contributed by atoms with E-state index in [1.54, 1.807) is 0 Å². The van der Waals surface area contributed by atoms with Crippen molar-refractivity contribution < 1.29 is 9.47 Å². The van der Waals surface area contributed by atoms with Crippen molar-refractivity contribution >= 4 is 28.5 Å². The van der Waals surface area contributed by atoms with Crippen LogP contribution in [0.1, 0.15) is 25.7 Å². The van der Waals surface area contributed by atoms with Gasteiger partial charge in [-0.25, -0.2) is 0 Å². The summed E-state index contributed by atoms with van der Waals surface area (Å²) in [7, 11) is 0. The number of hydrogen-bond acceptors (Lipinski definition) is 6. The van der Waals surface area contributed by atoms with Gasteiger partial charge in [-0.15, -0.1) is 0 Å². The normalized spacial score (nSPS) is 24.4. The van der Waals surface area contributed by atoms with Crippen LogP contribution in [0.4, 0.5) is 5.82 Å². The van der Waals surface area contributed by atoms with Crippen molar-refractivity contribution in [1.29, 1.82) is 0 Å². The summed E-state index contributed by atoms with van der Waals surface area (Å²) in [5.74, 6) is 1.68. The van der Waals surface area contributed by atoms with Gasteiger partial charge in [0.05, 0.1) is 24.1 Å². The number of anilines is 1. The van der Waals surface area contributed by atoms with Gasteiger partial charge < -0.3 is 14.4 Å². The molecule has 6 heteroatoms. The Kier molecular flexibility index (Phi) is 5.27. The number of hydrogen-bond donors (Lipinski definition) is 0. The van der Waals surface area contributed by atoms with E-state index in [2.05, 4.69) is 28.3 Å². The fraction of sp³-hybridized carbons (Fsp3) is 0.579. The van der Waals surface area contributed by atoms with Crippen LogP contribution in [-0.4, -0.2) is 53.9 Å². The predicted octanol–water partition coefficient (Wildman–Crippen LogP) is 3.52. The molecule has 1 saturated heterocycles. The molecule has 2 fully saturated rings. The highest BCUT2D eigenvalue weighted by Gasteiger charge is 2.24. The lowest BCUT2D eigenvalue weighted by molar-refractivity contribution is 0.122. The van der Waals surface area contributed by atoms with Gasteiger partial charge in [-0.2, -0.15) is 16.7 Å². The highest BCUT2D eigenvalue weighted by molar-refractivity contribution is 7.99. The molecule has 0 amide bonds. The van der Waals surface area contributed by atoms with Crippen LogP contribution < -0.4 is 9.64 Å². The van der Waals surface area contributed by atoms with E-state index in [-0.39, 0.29) is 6.10 Å². The molecule has 5 nitrogen and oxygen atoms in total. The summed E-state index contributed by atoms with van der Waals surface area (Å²) in [6.45, 7) is 3.22. The van der Waals surface area contributed by atoms with Crippen LogP contribution in [0.5, 0.6) is 5.88 Å². The maximum atomic E-state index is 6.37. The third-order valence-electron chi connectivity index (χ3n) is 5.12. The van der Waals surface area contributed by atoms with E-state index in [1.165, 1.54) is 12.8 Å². The fourth-order valence-corrected chi connectivity index (χ4v) is 4.36. The highest BCUT2D eigenvalue weighted by atomic mass is 32.2. The molecule has 2 aromatic heterocycles. The number of rotatable bonds is 4. The van der Waals surface area contributed by atoms with Crippen molar-refractivity contribution in [2.45, 2.75) is 37.0 Å². The average Bonchev–Trinajstić information content (AvgIpc) is 2.69. The monoisotopic (exact) mass is 359 g/mol. The first-order valence-corrected chi connectivity index (χ1v) is 10.4. The van der Waals surface area contributed by atoms with Crippen LogP contribution in [0.25, 0.3) is 10.9 Å². The van der Waals surface area contributed by atoms with Crippen molar-refractivity contribution in [2.24, 2.45) is 0 Å². The van der Waals surface area contributed by atoms with Gasteiger partial charge >= 0.3 is 0 Å². The SMILES string of the molecule is CSC1CCC(Oc2nc(N3CCOCC3)cc3ncccc23)CC1. The molecule has 0 aromatic carbocycles. The summed E-state index contributed by atoms with van der Waals surface area (Å²) < 4.78 is 11.8. The zero-order chi connectivity index (χ0) is 17.1. The lowest BCUT2D eigenvalue weighted by Crippen LogP contribution is -2.36. The van der Waals surface area contributed by atoms with E-state index in [0.29, 0.717) is 0 Å². The first kappa shape index (κ1) is 16.9. The zero-order valence-corrected chi connectivity index (χ0v) is 15.5. The minimum atomic E-state index is 0.263. The number of pyridine rings is 2. The Morgan fingerprint density at radius 1 is 1.20 bits per heavy atom. The van der Waals surface area contributed by atoms with Crippen LogP contribution in [0, 0.1) is 0 Å². The molecule has 0 atom stereocenters. The minimum absolute atomic E-state index is 0.263. The highest BCUT2D eigenvalue weighted by Crippen LogP contribution is 2.32. The van der Waals surface area contributed by atoms with E-state index in [1.807, 2.05) is 24.0 Å². The second-order valence-electron chi connectivity index (χ2n) is 6.71. The summed E-state index contributed by atoms with van der Waals surface area (Å²) in [6.07, 6.45) is 8.97. The van der Waals surface area contributed by atoms with Gasteiger partial charge in [0.1, 0.15) is 11.9 Å². The second kappa shape index (κ2) is 7.79. The van der Waals surface area contributed by atoms with Crippen LogP contribution in [0.3, 0.4) is 0 Å². The van der Waals surface area contributed by atoms with Gasteiger partial charge in [0.25, 0.3) is 0 Å². The molecule has 0 N–H and O–H groups in total. The molecule has 25 heavy (non-hydrogen) atoms. The molecule has 0 spiro atoms. The average molecular weight is 359 g/mol. The summed E-state index contributed by atoms with van der Waals surface area (Å²) in [6, 6.07) is 6.08. The number of aromatic nitrogens is 2. The Hall–Kier alpha value is -1.53. The Morgan fingerprint density at radius 2 is 2.00 bits per heavy atom. The molecule has 3 heterocycles. The van der Waals surface area contributed by atoms with Crippen molar-refractivity contribution in [3.05, 3.63) is 24.4 Å². The quantitative estimate of drug-likeness (QED) is 0.832. The van der Waals surface area contributed by atoms with E-state index in [0.717, 1.165) is 67.0 Å². The van der Waals surface area contributed by atoms with Gasteiger partial charge in [-0.05, 0) is 44.1 Å². The number of nitrogens with zero attached hydrogens (tertiary/aromatic N) is 3. The number of thioether (sulfide) groups is 1. The molecule has 0 radical (unpaired) electrons. The summed E-state index contributed by atoms with van der Waals surface area (Å²) in [4.78, 5) is 11.7. The summed E-state index contributed by atoms with van der Waals surface area (Å²) >= 11 is 1.98. The Morgan fingerprint density at radius 3 is 2.76 bits per heavy atom. The third-order valence-corrected chi connectivity index (χ3v) is 6.26. The second-order valence-corrected chi connectivity index (χ2v) is 7.85. The Labute approximate surface area is 153 Å². The molecule has 4 rings (SSSR count). The molecule has 0 unspecified atom stereocenters. The first-order valence-electron chi connectivity index (χ1n) is 9.11. The van der Waals surface area contributed by atoms with Gasteiger partial charge in [0.2, 0.25) is 5.88 Å². The van der Waals surface area contributed by atoms with Gasteiger partial charge in [0, 0.05) is 30.6 Å². The van der Waals surface area contributed by atoms with E-state index < -0.39 is 0 Å². The largest absolute Gasteiger partial charge is 0.474 e. The predicted molar refractivity (Wildman–Crippen MR) is 103 cm³/mol. The van der Waals surface area contributed by atoms with E-state index in [4.69, 9.17) is 14.5 Å². The van der Waals surface area contributed by atoms with Gasteiger partial charge in [-0.3, -0.25) is 4.98 Å². The fourth-order valence-electron chi connectivity index (χ4n) is 3.62. The zero-order valence-electron chi connectivity index (χ0n) is 14.7. The molecule has 134 valence electrons. The number of morpholine rings is 1. The molecular weight excluding hydrogens is 334 g/mol. The summed E-state index contributed by atoms with van der Waals surface area (Å²) in [5, 5.41) is 1.79. The summed E-state index contributed by atoms with van der Waals surface area (Å²) in [5.41, 5.74) is 0.951. The molecule has 0 bridgehead atoms. The molecule has 2 aromatic rings. The van der Waals surface area contributed by atoms with Crippen LogP contribution in [0.2, 0.25) is 0 Å². The molecular formula is C19H25N3O2S. The first-order chi connectivity index (χ1) is 12.3. The van der Waals surface area contributed by atoms with Crippen molar-refractivity contribution in [1.82, 2.24) is 9.97 Å². The number of fused-ring (bicyclic) bond motifs is 1. The molecule has 1 aliphatic carbocycles. The minimum Gasteiger partial charge on any atom is -0.474 e. The Bertz CT molecular complexity index is 713. The lowest BCUT2D eigenvalue weighted by atomic mass is 9.97. The van der Waals surface area contributed by atoms with E-state index in [9.17, 15) is 0 Å². The van der Waals surface area contributed by atoms with Crippen molar-refractivity contribution in [3.8, 4) is 5.88 Å². The molecule has 2 aliphatic rings. The van der Waals surface area contributed by atoms with Crippen molar-refractivity contribution in [2.75, 3.05) is 37.5 Å². The smallest absolute Gasteiger partial charge is 0.225 e. The third kappa shape index (κ3) is 3.85. The van der Waals surface area contributed by atoms with Crippen molar-refractivity contribution in [3.63, 3.8) is 0 Å². The van der Waals surface area contributed by atoms with Crippen LogP contribution in [0.15, 0.2) is 24.4 Å². The Balaban J connectivity index is 1.60.